The zero-order valence-corrected chi connectivity index (χ0v) is 12.0. The average molecular weight is 383 g/mol. The molecule has 0 saturated carbocycles. The SMILES string of the molecule is CCOC(=O)Cc1cc(C(F)(F)F)cc(C#N)c1I. The Morgan fingerprint density at radius 3 is 2.58 bits per heavy atom. The van der Waals surface area contributed by atoms with Gasteiger partial charge in [-0.3, -0.25) is 4.79 Å². The van der Waals surface area contributed by atoms with Crippen molar-refractivity contribution in [3.05, 3.63) is 32.4 Å². The molecule has 0 N–H and O–H groups in total. The number of ether oxygens (including phenoxy) is 1. The Morgan fingerprint density at radius 1 is 1.47 bits per heavy atom. The predicted molar refractivity (Wildman–Crippen MR) is 69.2 cm³/mol. The fourth-order valence-corrected chi connectivity index (χ4v) is 2.05. The number of nitriles is 1. The number of alkyl halides is 3. The second-order valence-corrected chi connectivity index (χ2v) is 4.67. The van der Waals surface area contributed by atoms with E-state index in [0.29, 0.717) is 3.57 Å². The molecule has 0 radical (unpaired) electrons. The molecule has 0 atom stereocenters. The second-order valence-electron chi connectivity index (χ2n) is 3.59. The van der Waals surface area contributed by atoms with Gasteiger partial charge in [0.05, 0.1) is 24.2 Å². The van der Waals surface area contributed by atoms with Crippen LogP contribution in [0.3, 0.4) is 0 Å². The van der Waals surface area contributed by atoms with E-state index in [9.17, 15) is 18.0 Å². The smallest absolute Gasteiger partial charge is 0.416 e. The Kier molecular flexibility index (Phi) is 5.17. The first-order valence-corrected chi connectivity index (χ1v) is 6.32. The van der Waals surface area contributed by atoms with Gasteiger partial charge in [0, 0.05) is 3.57 Å². The zero-order chi connectivity index (χ0) is 14.6. The first kappa shape index (κ1) is 15.8. The summed E-state index contributed by atoms with van der Waals surface area (Å²) in [5, 5.41) is 8.83. The van der Waals surface area contributed by atoms with Crippen molar-refractivity contribution in [1.29, 1.82) is 5.26 Å². The molecule has 0 amide bonds. The largest absolute Gasteiger partial charge is 0.466 e. The number of carbonyl (C=O) groups excluding carboxylic acids is 1. The number of nitrogens with zero attached hydrogens (tertiary/aromatic N) is 1. The summed E-state index contributed by atoms with van der Waals surface area (Å²) < 4.78 is 43.0. The molecule has 0 spiro atoms. The van der Waals surface area contributed by atoms with Gasteiger partial charge in [-0.05, 0) is 47.2 Å². The molecule has 0 aliphatic carbocycles. The highest BCUT2D eigenvalue weighted by molar-refractivity contribution is 14.1. The number of hydrogen-bond donors (Lipinski definition) is 0. The lowest BCUT2D eigenvalue weighted by Crippen LogP contribution is -2.12. The van der Waals surface area contributed by atoms with Crippen LogP contribution in [0.4, 0.5) is 13.2 Å². The molecule has 0 fully saturated rings. The summed E-state index contributed by atoms with van der Waals surface area (Å²) in [6.45, 7) is 1.76. The number of benzene rings is 1. The molecule has 1 rings (SSSR count). The monoisotopic (exact) mass is 383 g/mol. The van der Waals surface area contributed by atoms with Crippen LogP contribution in [-0.2, 0) is 22.1 Å². The van der Waals surface area contributed by atoms with Gasteiger partial charge >= 0.3 is 12.1 Å². The first-order chi connectivity index (χ1) is 8.79. The minimum Gasteiger partial charge on any atom is -0.466 e. The molecule has 19 heavy (non-hydrogen) atoms. The molecule has 0 aliphatic rings. The van der Waals surface area contributed by atoms with E-state index in [1.165, 1.54) is 0 Å². The molecule has 1 aromatic carbocycles. The molecule has 1 aromatic rings. The molecular formula is C12H9F3INO2. The van der Waals surface area contributed by atoms with Crippen LogP contribution in [0.1, 0.15) is 23.6 Å². The number of carbonyl (C=O) groups is 1. The fourth-order valence-electron chi connectivity index (χ4n) is 1.43. The summed E-state index contributed by atoms with van der Waals surface area (Å²) in [7, 11) is 0. The number of halogens is 4. The summed E-state index contributed by atoms with van der Waals surface area (Å²) in [6.07, 6.45) is -4.84. The number of hydrogen-bond acceptors (Lipinski definition) is 3. The van der Waals surface area contributed by atoms with Crippen LogP contribution in [0.15, 0.2) is 12.1 Å². The molecular weight excluding hydrogens is 374 g/mol. The maximum absolute atomic E-state index is 12.7. The second kappa shape index (κ2) is 6.23. The van der Waals surface area contributed by atoms with Crippen molar-refractivity contribution in [3.8, 4) is 6.07 Å². The highest BCUT2D eigenvalue weighted by Crippen LogP contribution is 2.32. The minimum absolute atomic E-state index is 0.102. The van der Waals surface area contributed by atoms with Crippen LogP contribution in [0, 0.1) is 14.9 Å². The van der Waals surface area contributed by atoms with Crippen molar-refractivity contribution in [3.63, 3.8) is 0 Å². The van der Waals surface area contributed by atoms with Gasteiger partial charge in [0.25, 0.3) is 0 Å². The molecule has 0 bridgehead atoms. The predicted octanol–water partition coefficient (Wildman–Crippen LogP) is 3.29. The standard InChI is InChI=1S/C12H9F3INO2/c1-2-19-10(18)5-7-3-9(12(13,14)15)4-8(6-17)11(7)16/h3-4H,2,5H2,1H3. The van der Waals surface area contributed by atoms with E-state index in [0.717, 1.165) is 12.1 Å². The molecule has 0 saturated heterocycles. The Bertz CT molecular complexity index is 535. The van der Waals surface area contributed by atoms with Gasteiger partial charge < -0.3 is 4.74 Å². The van der Waals surface area contributed by atoms with E-state index >= 15 is 0 Å². The van der Waals surface area contributed by atoms with Gasteiger partial charge in [-0.2, -0.15) is 18.4 Å². The summed E-state index contributed by atoms with van der Waals surface area (Å²) in [5.74, 6) is -0.622. The zero-order valence-electron chi connectivity index (χ0n) is 9.84. The molecule has 3 nitrogen and oxygen atoms in total. The lowest BCUT2D eigenvalue weighted by Gasteiger charge is -2.12. The van der Waals surface area contributed by atoms with Crippen LogP contribution < -0.4 is 0 Å². The van der Waals surface area contributed by atoms with Crippen molar-refractivity contribution in [1.82, 2.24) is 0 Å². The maximum atomic E-state index is 12.7. The van der Waals surface area contributed by atoms with E-state index in [1.54, 1.807) is 35.6 Å². The molecule has 0 aliphatic heterocycles. The van der Waals surface area contributed by atoms with E-state index in [1.807, 2.05) is 0 Å². The third kappa shape index (κ3) is 4.09. The van der Waals surface area contributed by atoms with Gasteiger partial charge in [-0.1, -0.05) is 0 Å². The maximum Gasteiger partial charge on any atom is 0.416 e. The minimum atomic E-state index is -4.56. The third-order valence-electron chi connectivity index (χ3n) is 2.24. The van der Waals surface area contributed by atoms with Crippen LogP contribution in [0.5, 0.6) is 0 Å². The van der Waals surface area contributed by atoms with Gasteiger partial charge in [0.1, 0.15) is 6.07 Å². The van der Waals surface area contributed by atoms with Crippen LogP contribution in [0.2, 0.25) is 0 Å². The van der Waals surface area contributed by atoms with Crippen molar-refractivity contribution >= 4 is 28.6 Å². The van der Waals surface area contributed by atoms with E-state index in [-0.39, 0.29) is 24.2 Å². The number of esters is 1. The molecule has 7 heteroatoms. The molecule has 102 valence electrons. The van der Waals surface area contributed by atoms with Crippen LogP contribution in [-0.4, -0.2) is 12.6 Å². The Balaban J connectivity index is 3.23. The van der Waals surface area contributed by atoms with Crippen molar-refractivity contribution in [2.24, 2.45) is 0 Å². The average Bonchev–Trinajstić information content (AvgIpc) is 2.30. The van der Waals surface area contributed by atoms with Gasteiger partial charge in [0.2, 0.25) is 0 Å². The van der Waals surface area contributed by atoms with E-state index in [4.69, 9.17) is 10.00 Å². The van der Waals surface area contributed by atoms with Gasteiger partial charge in [-0.15, -0.1) is 0 Å². The summed E-state index contributed by atoms with van der Waals surface area (Å²) in [4.78, 5) is 11.3. The highest BCUT2D eigenvalue weighted by Gasteiger charge is 2.32. The number of rotatable bonds is 3. The Hall–Kier alpha value is -1.30. The van der Waals surface area contributed by atoms with Crippen molar-refractivity contribution in [2.75, 3.05) is 6.61 Å². The van der Waals surface area contributed by atoms with E-state index in [2.05, 4.69) is 0 Å². The topological polar surface area (TPSA) is 50.1 Å². The first-order valence-electron chi connectivity index (χ1n) is 5.25. The summed E-state index contributed by atoms with van der Waals surface area (Å²) >= 11 is 1.75. The third-order valence-corrected chi connectivity index (χ3v) is 3.51. The van der Waals surface area contributed by atoms with Crippen molar-refractivity contribution < 1.29 is 22.7 Å². The molecule has 0 heterocycles. The van der Waals surface area contributed by atoms with Crippen molar-refractivity contribution in [2.45, 2.75) is 19.5 Å². The van der Waals surface area contributed by atoms with Gasteiger partial charge in [0.15, 0.2) is 0 Å². The quantitative estimate of drug-likeness (QED) is 0.595. The van der Waals surface area contributed by atoms with Crippen LogP contribution >= 0.6 is 22.6 Å². The van der Waals surface area contributed by atoms with Crippen LogP contribution in [0.25, 0.3) is 0 Å². The summed E-state index contributed by atoms with van der Waals surface area (Å²) in [5.41, 5.74) is -0.899. The van der Waals surface area contributed by atoms with Gasteiger partial charge in [-0.25, -0.2) is 0 Å². The normalized spacial score (nSPS) is 10.9. The lowest BCUT2D eigenvalue weighted by atomic mass is 10.0. The molecule has 0 unspecified atom stereocenters. The van der Waals surface area contributed by atoms with E-state index < -0.39 is 17.7 Å². The highest BCUT2D eigenvalue weighted by atomic mass is 127. The lowest BCUT2D eigenvalue weighted by molar-refractivity contribution is -0.142. The Labute approximate surface area is 121 Å². The Morgan fingerprint density at radius 2 is 2.11 bits per heavy atom. The molecule has 0 aromatic heterocycles. The summed E-state index contributed by atoms with van der Waals surface area (Å²) in [6, 6.07) is 3.34. The fraction of sp³-hybridized carbons (Fsp3) is 0.333.